The molecule has 9 aromatic rings. The zero-order valence-corrected chi connectivity index (χ0v) is 25.5. The molecule has 3 heteroatoms. The lowest BCUT2D eigenvalue weighted by molar-refractivity contribution is 0.660. The normalized spacial score (nSPS) is 13.6. The molecule has 0 fully saturated rings. The second-order valence-electron chi connectivity index (χ2n) is 13.0. The van der Waals surface area contributed by atoms with Crippen LogP contribution in [0, 0.1) is 0 Å². The average Bonchev–Trinajstić information content (AvgIpc) is 3.71. The number of fused-ring (bicyclic) bond motifs is 10. The van der Waals surface area contributed by atoms with Gasteiger partial charge in [-0.25, -0.2) is 0 Å². The second kappa shape index (κ2) is 9.12. The topological polar surface area (TPSA) is 29.5 Å². The number of hydrogen-bond acceptors (Lipinski definition) is 3. The number of rotatable bonds is 3. The fourth-order valence-electron chi connectivity index (χ4n) is 7.79. The molecule has 2 heterocycles. The van der Waals surface area contributed by atoms with Crippen LogP contribution < -0.4 is 4.90 Å². The largest absolute Gasteiger partial charge is 0.456 e. The van der Waals surface area contributed by atoms with Crippen LogP contribution in [0.15, 0.2) is 148 Å². The number of para-hydroxylation sites is 1. The van der Waals surface area contributed by atoms with Crippen molar-refractivity contribution in [3.05, 3.63) is 151 Å². The van der Waals surface area contributed by atoms with Crippen LogP contribution in [0.5, 0.6) is 0 Å². The summed E-state index contributed by atoms with van der Waals surface area (Å²) in [6, 6.07) is 49.9. The fourth-order valence-corrected chi connectivity index (χ4v) is 7.79. The molecule has 0 saturated heterocycles. The van der Waals surface area contributed by atoms with Crippen molar-refractivity contribution in [3.63, 3.8) is 0 Å². The van der Waals surface area contributed by atoms with Gasteiger partial charge in [0.2, 0.25) is 0 Å². The van der Waals surface area contributed by atoms with E-state index in [0.29, 0.717) is 0 Å². The molecule has 0 radical (unpaired) electrons. The van der Waals surface area contributed by atoms with Crippen LogP contribution in [0.3, 0.4) is 0 Å². The molecule has 0 N–H and O–H groups in total. The van der Waals surface area contributed by atoms with Crippen LogP contribution in [0.2, 0.25) is 0 Å². The Hall–Kier alpha value is -5.80. The molecular weight excluding hydrogens is 562 g/mol. The quantitative estimate of drug-likeness (QED) is 0.205. The molecule has 10 rings (SSSR count). The van der Waals surface area contributed by atoms with Crippen LogP contribution in [-0.4, -0.2) is 0 Å². The maximum absolute atomic E-state index is 6.54. The molecule has 3 nitrogen and oxygen atoms in total. The Kier molecular flexibility index (Phi) is 5.06. The van der Waals surface area contributed by atoms with Gasteiger partial charge in [0.25, 0.3) is 0 Å². The smallest absolute Gasteiger partial charge is 0.137 e. The van der Waals surface area contributed by atoms with E-state index in [-0.39, 0.29) is 5.41 Å². The van der Waals surface area contributed by atoms with E-state index < -0.39 is 0 Å². The lowest BCUT2D eigenvalue weighted by Gasteiger charge is -2.28. The molecule has 218 valence electrons. The summed E-state index contributed by atoms with van der Waals surface area (Å²) in [5, 5.41) is 6.80. The average molecular weight is 592 g/mol. The summed E-state index contributed by atoms with van der Waals surface area (Å²) in [5.41, 5.74) is 11.9. The van der Waals surface area contributed by atoms with Crippen molar-refractivity contribution in [1.29, 1.82) is 0 Å². The molecule has 1 aliphatic carbocycles. The monoisotopic (exact) mass is 591 g/mol. The molecule has 0 saturated carbocycles. The Morgan fingerprint density at radius 2 is 1.11 bits per heavy atom. The minimum Gasteiger partial charge on any atom is -0.456 e. The van der Waals surface area contributed by atoms with E-state index in [4.69, 9.17) is 8.83 Å². The highest BCUT2D eigenvalue weighted by atomic mass is 16.3. The van der Waals surface area contributed by atoms with Crippen molar-refractivity contribution < 1.29 is 8.83 Å². The minimum atomic E-state index is -0.121. The Labute approximate surface area is 265 Å². The molecule has 0 amide bonds. The van der Waals surface area contributed by atoms with Crippen molar-refractivity contribution in [2.24, 2.45) is 0 Å². The maximum atomic E-state index is 6.54. The first kappa shape index (κ1) is 25.5. The predicted octanol–water partition coefficient (Wildman–Crippen LogP) is 12.4. The van der Waals surface area contributed by atoms with Gasteiger partial charge in [0.05, 0.1) is 11.1 Å². The zero-order valence-electron chi connectivity index (χ0n) is 25.5. The van der Waals surface area contributed by atoms with Gasteiger partial charge in [-0.15, -0.1) is 0 Å². The SMILES string of the molecule is CC1(C)c2ccccc2-c2ccc(N(c3ccc4c(c3)oc3ccccc34)c3cccc4oc5cc6ccccc6cc5c34)cc21. The summed E-state index contributed by atoms with van der Waals surface area (Å²) >= 11 is 0. The van der Waals surface area contributed by atoms with E-state index in [1.807, 2.05) is 12.1 Å². The van der Waals surface area contributed by atoms with Crippen LogP contribution in [0.4, 0.5) is 17.1 Å². The number of hydrogen-bond donors (Lipinski definition) is 0. The molecule has 0 atom stereocenters. The molecule has 1 aliphatic rings. The van der Waals surface area contributed by atoms with Gasteiger partial charge in [0.1, 0.15) is 22.3 Å². The van der Waals surface area contributed by atoms with Gasteiger partial charge in [-0.2, -0.15) is 0 Å². The molecule has 2 aromatic heterocycles. The maximum Gasteiger partial charge on any atom is 0.137 e. The Morgan fingerprint density at radius 1 is 0.457 bits per heavy atom. The van der Waals surface area contributed by atoms with E-state index in [0.717, 1.165) is 60.9 Å². The van der Waals surface area contributed by atoms with Gasteiger partial charge in [-0.05, 0) is 87.6 Å². The summed E-state index contributed by atoms with van der Waals surface area (Å²) in [7, 11) is 0. The molecular formula is C43H29NO2. The highest BCUT2D eigenvalue weighted by Crippen LogP contribution is 2.51. The number of benzene rings is 7. The predicted molar refractivity (Wildman–Crippen MR) is 191 cm³/mol. The third-order valence-electron chi connectivity index (χ3n) is 10.0. The summed E-state index contributed by atoms with van der Waals surface area (Å²) in [4.78, 5) is 2.37. The Balaban J connectivity index is 1.26. The molecule has 0 bridgehead atoms. The summed E-state index contributed by atoms with van der Waals surface area (Å²) < 4.78 is 12.9. The molecule has 0 aliphatic heterocycles. The van der Waals surface area contributed by atoms with Gasteiger partial charge < -0.3 is 13.7 Å². The number of anilines is 3. The van der Waals surface area contributed by atoms with Crippen molar-refractivity contribution in [1.82, 2.24) is 0 Å². The third kappa shape index (κ3) is 3.48. The van der Waals surface area contributed by atoms with E-state index in [9.17, 15) is 0 Å². The highest BCUT2D eigenvalue weighted by Gasteiger charge is 2.36. The molecule has 0 unspecified atom stereocenters. The number of nitrogens with zero attached hydrogens (tertiary/aromatic N) is 1. The van der Waals surface area contributed by atoms with Crippen LogP contribution in [0.25, 0.3) is 65.8 Å². The van der Waals surface area contributed by atoms with Gasteiger partial charge >= 0.3 is 0 Å². The second-order valence-corrected chi connectivity index (χ2v) is 13.0. The Bertz CT molecular complexity index is 2690. The van der Waals surface area contributed by atoms with E-state index in [2.05, 4.69) is 146 Å². The standard InChI is InChI=1S/C43H29NO2/c1-43(2)35-14-7-5-12-30(35)31-20-18-28(24-36(31)43)44(29-19-21-33-32-13-6-8-16-38(32)45-41(33)25-29)37-15-9-17-39-42(37)34-22-26-10-3-4-11-27(26)23-40(34)46-39/h3-25H,1-2H3. The fraction of sp³-hybridized carbons (Fsp3) is 0.0698. The van der Waals surface area contributed by atoms with Crippen LogP contribution in [-0.2, 0) is 5.41 Å². The summed E-state index contributed by atoms with van der Waals surface area (Å²) in [5.74, 6) is 0. The first-order valence-corrected chi connectivity index (χ1v) is 15.8. The van der Waals surface area contributed by atoms with Gasteiger partial charge in [-0.1, -0.05) is 92.7 Å². The molecule has 7 aromatic carbocycles. The van der Waals surface area contributed by atoms with Gasteiger partial charge in [-0.3, -0.25) is 0 Å². The van der Waals surface area contributed by atoms with E-state index >= 15 is 0 Å². The van der Waals surface area contributed by atoms with Crippen LogP contribution >= 0.6 is 0 Å². The highest BCUT2D eigenvalue weighted by molar-refractivity contribution is 6.16. The third-order valence-corrected chi connectivity index (χ3v) is 10.0. The van der Waals surface area contributed by atoms with Crippen LogP contribution in [0.1, 0.15) is 25.0 Å². The van der Waals surface area contributed by atoms with E-state index in [1.165, 1.54) is 33.0 Å². The van der Waals surface area contributed by atoms with Crippen molar-refractivity contribution in [2.45, 2.75) is 19.3 Å². The lowest BCUT2D eigenvalue weighted by atomic mass is 9.82. The van der Waals surface area contributed by atoms with Crippen molar-refractivity contribution in [3.8, 4) is 11.1 Å². The molecule has 46 heavy (non-hydrogen) atoms. The summed E-state index contributed by atoms with van der Waals surface area (Å²) in [6.07, 6.45) is 0. The number of furan rings is 2. The molecule has 0 spiro atoms. The summed E-state index contributed by atoms with van der Waals surface area (Å²) in [6.45, 7) is 4.67. The Morgan fingerprint density at radius 3 is 2.02 bits per heavy atom. The van der Waals surface area contributed by atoms with Crippen molar-refractivity contribution in [2.75, 3.05) is 4.90 Å². The van der Waals surface area contributed by atoms with Crippen molar-refractivity contribution >= 4 is 71.7 Å². The first-order chi connectivity index (χ1) is 22.5. The zero-order chi connectivity index (χ0) is 30.6. The van der Waals surface area contributed by atoms with E-state index in [1.54, 1.807) is 0 Å². The van der Waals surface area contributed by atoms with Gasteiger partial charge in [0, 0.05) is 39.0 Å². The van der Waals surface area contributed by atoms with Gasteiger partial charge in [0.15, 0.2) is 0 Å². The first-order valence-electron chi connectivity index (χ1n) is 15.8. The lowest BCUT2D eigenvalue weighted by Crippen LogP contribution is -2.16. The minimum absolute atomic E-state index is 0.121.